The van der Waals surface area contributed by atoms with Gasteiger partial charge in [-0.3, -0.25) is 14.0 Å². The molecule has 1 aromatic carbocycles. The first-order chi connectivity index (χ1) is 13.5. The van der Waals surface area contributed by atoms with E-state index in [0.29, 0.717) is 23.8 Å². The van der Waals surface area contributed by atoms with Gasteiger partial charge in [0.1, 0.15) is 11.5 Å². The van der Waals surface area contributed by atoms with Gasteiger partial charge >= 0.3 is 5.97 Å². The summed E-state index contributed by atoms with van der Waals surface area (Å²) in [6.07, 6.45) is 4.95. The fourth-order valence-electron chi connectivity index (χ4n) is 2.68. The molecule has 0 unspecified atom stereocenters. The lowest BCUT2D eigenvalue weighted by atomic mass is 10.1. The number of ether oxygens (including phenoxy) is 1. The number of hydrogen-bond acceptors (Lipinski definition) is 4. The van der Waals surface area contributed by atoms with Crippen LogP contribution < -0.4 is 5.32 Å². The molecular weight excluding hydrogens is 422 g/mol. The van der Waals surface area contributed by atoms with Crippen molar-refractivity contribution in [3.05, 3.63) is 70.0 Å². The van der Waals surface area contributed by atoms with Crippen molar-refractivity contribution in [2.24, 2.45) is 0 Å². The van der Waals surface area contributed by atoms with Gasteiger partial charge < -0.3 is 10.1 Å². The van der Waals surface area contributed by atoms with Crippen LogP contribution >= 0.6 is 15.9 Å². The van der Waals surface area contributed by atoms with E-state index in [9.17, 15) is 9.59 Å². The van der Waals surface area contributed by atoms with Crippen molar-refractivity contribution < 1.29 is 14.3 Å². The molecule has 0 radical (unpaired) electrons. The van der Waals surface area contributed by atoms with E-state index in [1.165, 1.54) is 6.08 Å². The van der Waals surface area contributed by atoms with Crippen LogP contribution in [0.5, 0.6) is 0 Å². The van der Waals surface area contributed by atoms with Crippen molar-refractivity contribution in [2.75, 3.05) is 11.9 Å². The number of hydrogen-bond donors (Lipinski definition) is 1. The Bertz CT molecular complexity index is 1040. The first-order valence-electron chi connectivity index (χ1n) is 8.84. The van der Waals surface area contributed by atoms with Gasteiger partial charge in [-0.05, 0) is 53.5 Å². The van der Waals surface area contributed by atoms with Gasteiger partial charge in [0, 0.05) is 16.7 Å². The Morgan fingerprint density at radius 2 is 1.96 bits per heavy atom. The predicted octanol–water partition coefficient (Wildman–Crippen LogP) is 4.16. The summed E-state index contributed by atoms with van der Waals surface area (Å²) in [5, 5.41) is 2.84. The third kappa shape index (κ3) is 4.86. The number of aryl methyl sites for hydroxylation is 1. The van der Waals surface area contributed by atoms with Gasteiger partial charge in [0.15, 0.2) is 0 Å². The minimum atomic E-state index is -0.393. The Balaban J connectivity index is 1.87. The lowest BCUT2D eigenvalue weighted by Crippen LogP contribution is -2.14. The van der Waals surface area contributed by atoms with Crippen molar-refractivity contribution in [2.45, 2.75) is 20.3 Å². The fraction of sp³-hybridized carbons (Fsp3) is 0.190. The van der Waals surface area contributed by atoms with Crippen LogP contribution in [0.4, 0.5) is 5.82 Å². The number of benzene rings is 1. The first kappa shape index (κ1) is 19.8. The van der Waals surface area contributed by atoms with E-state index in [1.807, 2.05) is 37.3 Å². The number of esters is 1. The molecule has 3 aromatic rings. The van der Waals surface area contributed by atoms with Crippen LogP contribution in [0.25, 0.3) is 11.7 Å². The molecule has 28 heavy (non-hydrogen) atoms. The number of aromatic nitrogens is 2. The molecule has 0 aliphatic rings. The summed E-state index contributed by atoms with van der Waals surface area (Å²) in [5.74, 6) is -0.258. The van der Waals surface area contributed by atoms with Crippen molar-refractivity contribution in [3.63, 3.8) is 0 Å². The lowest BCUT2D eigenvalue weighted by molar-refractivity contribution is -0.142. The van der Waals surface area contributed by atoms with Crippen LogP contribution in [0.15, 0.2) is 53.1 Å². The normalized spacial score (nSPS) is 11.1. The molecule has 2 aromatic heterocycles. The van der Waals surface area contributed by atoms with Crippen molar-refractivity contribution in [1.29, 1.82) is 0 Å². The third-order valence-electron chi connectivity index (χ3n) is 4.02. The van der Waals surface area contributed by atoms with Gasteiger partial charge in [-0.25, -0.2) is 4.98 Å². The number of nitrogens with one attached hydrogen (secondary N) is 1. The van der Waals surface area contributed by atoms with Crippen molar-refractivity contribution in [3.8, 4) is 0 Å². The minimum absolute atomic E-state index is 0.0234. The Morgan fingerprint density at radius 3 is 2.68 bits per heavy atom. The molecule has 6 nitrogen and oxygen atoms in total. The van der Waals surface area contributed by atoms with E-state index in [-0.39, 0.29) is 12.3 Å². The second kappa shape index (κ2) is 8.84. The predicted molar refractivity (Wildman–Crippen MR) is 112 cm³/mol. The molecule has 1 amide bonds. The Kier molecular flexibility index (Phi) is 6.26. The van der Waals surface area contributed by atoms with Gasteiger partial charge in [-0.1, -0.05) is 29.8 Å². The highest BCUT2D eigenvalue weighted by molar-refractivity contribution is 9.10. The van der Waals surface area contributed by atoms with Crippen LogP contribution in [0.3, 0.4) is 0 Å². The minimum Gasteiger partial charge on any atom is -0.466 e. The number of amides is 1. The number of nitrogens with zero attached hydrogens (tertiary/aromatic N) is 2. The Hall–Kier alpha value is -2.93. The number of pyridine rings is 1. The number of imidazole rings is 1. The van der Waals surface area contributed by atoms with Crippen LogP contribution in [0, 0.1) is 6.92 Å². The van der Waals surface area contributed by atoms with E-state index >= 15 is 0 Å². The number of carbonyl (C=O) groups is 2. The first-order valence-corrected chi connectivity index (χ1v) is 9.63. The second-order valence-electron chi connectivity index (χ2n) is 6.20. The molecule has 0 saturated heterocycles. The highest BCUT2D eigenvalue weighted by Gasteiger charge is 2.17. The number of anilines is 1. The standard InChI is InChI=1S/C21H20BrN3O3/c1-3-28-20(27)12-17-21(25-13-16(22)9-10-18(25)23-17)24-19(26)11-8-15-6-4-14(2)5-7-15/h4-11,13H,3,12H2,1-2H3,(H,24,26)/b11-8+. The van der Waals surface area contributed by atoms with E-state index in [2.05, 4.69) is 26.2 Å². The maximum Gasteiger partial charge on any atom is 0.312 e. The molecule has 0 fully saturated rings. The van der Waals surface area contributed by atoms with Gasteiger partial charge in [0.05, 0.1) is 18.7 Å². The smallest absolute Gasteiger partial charge is 0.312 e. The van der Waals surface area contributed by atoms with E-state index in [4.69, 9.17) is 4.74 Å². The molecule has 0 spiro atoms. The molecule has 0 atom stereocenters. The van der Waals surface area contributed by atoms with Gasteiger partial charge in [0.25, 0.3) is 0 Å². The van der Waals surface area contributed by atoms with Gasteiger partial charge in [-0.2, -0.15) is 0 Å². The highest BCUT2D eigenvalue weighted by Crippen LogP contribution is 2.22. The Labute approximate surface area is 171 Å². The molecule has 7 heteroatoms. The Morgan fingerprint density at radius 1 is 1.21 bits per heavy atom. The quantitative estimate of drug-likeness (QED) is 0.460. The molecular formula is C21H20BrN3O3. The summed E-state index contributed by atoms with van der Waals surface area (Å²) in [7, 11) is 0. The number of fused-ring (bicyclic) bond motifs is 1. The largest absolute Gasteiger partial charge is 0.466 e. The average Bonchev–Trinajstić information content (AvgIpc) is 2.98. The lowest BCUT2D eigenvalue weighted by Gasteiger charge is -2.06. The summed E-state index contributed by atoms with van der Waals surface area (Å²) in [5.41, 5.74) is 3.16. The second-order valence-corrected chi connectivity index (χ2v) is 7.11. The van der Waals surface area contributed by atoms with Crippen LogP contribution in [0.2, 0.25) is 0 Å². The molecule has 144 valence electrons. The van der Waals surface area contributed by atoms with E-state index in [1.54, 1.807) is 29.7 Å². The SMILES string of the molecule is CCOC(=O)Cc1nc2ccc(Br)cn2c1NC(=O)/C=C/c1ccc(C)cc1. The summed E-state index contributed by atoms with van der Waals surface area (Å²) >= 11 is 3.42. The summed E-state index contributed by atoms with van der Waals surface area (Å²) < 4.78 is 7.57. The van der Waals surface area contributed by atoms with Crippen molar-refractivity contribution in [1.82, 2.24) is 9.38 Å². The number of rotatable bonds is 6. The average molecular weight is 442 g/mol. The van der Waals surface area contributed by atoms with Gasteiger partial charge in [-0.15, -0.1) is 0 Å². The fourth-order valence-corrected chi connectivity index (χ4v) is 3.02. The van der Waals surface area contributed by atoms with Crippen LogP contribution in [-0.4, -0.2) is 27.9 Å². The molecule has 0 aliphatic carbocycles. The van der Waals surface area contributed by atoms with Crippen molar-refractivity contribution >= 4 is 45.3 Å². The zero-order chi connectivity index (χ0) is 20.1. The molecule has 1 N–H and O–H groups in total. The maximum atomic E-state index is 12.5. The zero-order valence-electron chi connectivity index (χ0n) is 15.6. The van der Waals surface area contributed by atoms with E-state index in [0.717, 1.165) is 15.6 Å². The van der Waals surface area contributed by atoms with Crippen LogP contribution in [0.1, 0.15) is 23.7 Å². The highest BCUT2D eigenvalue weighted by atomic mass is 79.9. The summed E-state index contributed by atoms with van der Waals surface area (Å²) in [6, 6.07) is 11.5. The maximum absolute atomic E-state index is 12.5. The summed E-state index contributed by atoms with van der Waals surface area (Å²) in [4.78, 5) is 28.9. The molecule has 0 bridgehead atoms. The zero-order valence-corrected chi connectivity index (χ0v) is 17.2. The van der Waals surface area contributed by atoms with E-state index < -0.39 is 5.97 Å². The molecule has 0 saturated carbocycles. The third-order valence-corrected chi connectivity index (χ3v) is 4.49. The number of carbonyl (C=O) groups excluding carboxylic acids is 2. The molecule has 0 aliphatic heterocycles. The van der Waals surface area contributed by atoms with Crippen LogP contribution in [-0.2, 0) is 20.7 Å². The van der Waals surface area contributed by atoms with Gasteiger partial charge in [0.2, 0.25) is 5.91 Å². The summed E-state index contributed by atoms with van der Waals surface area (Å²) in [6.45, 7) is 4.05. The monoisotopic (exact) mass is 441 g/mol. The number of halogens is 1. The topological polar surface area (TPSA) is 72.7 Å². The molecule has 3 rings (SSSR count). The molecule has 2 heterocycles.